The minimum atomic E-state index is 0.472. The molecule has 2 aliphatic heterocycles. The van der Waals surface area contributed by atoms with E-state index in [1.807, 2.05) is 18.4 Å². The van der Waals surface area contributed by atoms with Crippen LogP contribution in [0.2, 0.25) is 0 Å². The van der Waals surface area contributed by atoms with Crippen LogP contribution < -0.4 is 25.0 Å². The number of likely N-dealkylation sites (N-methyl/N-ethyl adjacent to an activating group) is 1. The average Bonchev–Trinajstić information content (AvgIpc) is 3.94. The lowest BCUT2D eigenvalue weighted by Gasteiger charge is -2.43. The summed E-state index contributed by atoms with van der Waals surface area (Å²) in [5, 5.41) is 7.00. The van der Waals surface area contributed by atoms with Gasteiger partial charge in [0.25, 0.3) is 0 Å². The summed E-state index contributed by atoms with van der Waals surface area (Å²) in [5.74, 6) is 2.64. The normalized spacial score (nSPS) is 17.8. The van der Waals surface area contributed by atoms with Crippen LogP contribution in [0, 0.1) is 5.92 Å². The van der Waals surface area contributed by atoms with Crippen LogP contribution in [0.4, 0.5) is 34.5 Å². The first-order valence-electron chi connectivity index (χ1n) is 17.0. The molecule has 0 unspecified atom stereocenters. The topological polar surface area (TPSA) is 107 Å². The molecule has 0 radical (unpaired) electrons. The molecule has 2 aromatic carbocycles. The molecule has 0 atom stereocenters. The number of nitrogens with one attached hydrogen (secondary N) is 3. The van der Waals surface area contributed by atoms with E-state index in [2.05, 4.69) is 70.8 Å². The molecule has 3 N–H and O–H groups in total. The fourth-order valence-electron chi connectivity index (χ4n) is 6.93. The molecule has 11 nitrogen and oxygen atoms in total. The molecule has 252 valence electrons. The Morgan fingerprint density at radius 2 is 1.75 bits per heavy atom. The Morgan fingerprint density at radius 1 is 0.958 bits per heavy atom. The third kappa shape index (κ3) is 7.15. The zero-order valence-corrected chi connectivity index (χ0v) is 29.0. The molecule has 1 saturated carbocycles. The van der Waals surface area contributed by atoms with Gasteiger partial charge in [-0.2, -0.15) is 4.98 Å². The van der Waals surface area contributed by atoms with Crippen LogP contribution >= 0.6 is 11.9 Å². The third-order valence-corrected chi connectivity index (χ3v) is 10.3. The fourth-order valence-corrected chi connectivity index (χ4v) is 7.34. The summed E-state index contributed by atoms with van der Waals surface area (Å²) in [6, 6.07) is 9.10. The van der Waals surface area contributed by atoms with Gasteiger partial charge in [0.15, 0.2) is 0 Å². The molecule has 0 spiro atoms. The van der Waals surface area contributed by atoms with Gasteiger partial charge in [0, 0.05) is 87.5 Å². The maximum absolute atomic E-state index is 5.99. The zero-order valence-electron chi connectivity index (χ0n) is 28.2. The number of aromatic nitrogens is 4. The highest BCUT2D eigenvalue weighted by atomic mass is 32.2. The number of nitrogens with zero attached hydrogens (tertiary/aromatic N) is 7. The minimum absolute atomic E-state index is 0.472. The number of hydrogen-bond acceptors (Lipinski definition) is 12. The van der Waals surface area contributed by atoms with E-state index in [0.717, 1.165) is 64.8 Å². The number of fused-ring (bicyclic) bond motifs is 1. The van der Waals surface area contributed by atoms with Crippen LogP contribution in [0.5, 0.6) is 5.75 Å². The lowest BCUT2D eigenvalue weighted by Crippen LogP contribution is -2.52. The van der Waals surface area contributed by atoms with Crippen LogP contribution in [-0.4, -0.2) is 95.5 Å². The van der Waals surface area contributed by atoms with Crippen molar-refractivity contribution in [3.05, 3.63) is 60.6 Å². The number of piperazine rings is 1. The van der Waals surface area contributed by atoms with Gasteiger partial charge in [0.05, 0.1) is 29.7 Å². The van der Waals surface area contributed by atoms with Gasteiger partial charge in [-0.1, -0.05) is 24.6 Å². The molecule has 3 aliphatic rings. The molecule has 2 aromatic heterocycles. The number of piperidine rings is 1. The van der Waals surface area contributed by atoms with E-state index in [4.69, 9.17) is 9.72 Å². The number of hydrogen-bond donors (Lipinski definition) is 3. The molecular weight excluding hydrogens is 621 g/mol. The van der Waals surface area contributed by atoms with Crippen molar-refractivity contribution in [2.75, 3.05) is 79.9 Å². The highest BCUT2D eigenvalue weighted by Gasteiger charge is 2.30. The van der Waals surface area contributed by atoms with Crippen molar-refractivity contribution in [3.63, 3.8) is 0 Å². The minimum Gasteiger partial charge on any atom is -0.494 e. The molecule has 2 saturated heterocycles. The lowest BCUT2D eigenvalue weighted by atomic mass is 9.98. The molecule has 0 bridgehead atoms. The predicted octanol–water partition coefficient (Wildman–Crippen LogP) is 6.42. The summed E-state index contributed by atoms with van der Waals surface area (Å²) in [7, 11) is 3.97. The van der Waals surface area contributed by atoms with E-state index in [1.165, 1.54) is 75.1 Å². The van der Waals surface area contributed by atoms with Gasteiger partial charge in [-0.25, -0.2) is 4.98 Å². The smallest absolute Gasteiger partial charge is 0.229 e. The molecule has 3 fully saturated rings. The maximum Gasteiger partial charge on any atom is 0.229 e. The number of methoxy groups -OCH3 is 1. The second kappa shape index (κ2) is 14.6. The summed E-state index contributed by atoms with van der Waals surface area (Å²) in [6.07, 6.45) is 15.0. The van der Waals surface area contributed by atoms with Gasteiger partial charge in [-0.05, 0) is 68.8 Å². The van der Waals surface area contributed by atoms with E-state index >= 15 is 0 Å². The monoisotopic (exact) mass is 666 g/mol. The summed E-state index contributed by atoms with van der Waals surface area (Å²) < 4.78 is 9.36. The summed E-state index contributed by atoms with van der Waals surface area (Å²) in [4.78, 5) is 26.3. The highest BCUT2D eigenvalue weighted by Crippen LogP contribution is 2.41. The second-order valence-electron chi connectivity index (χ2n) is 13.1. The SMILES string of the molecule is C=Cc1cnc(Nc2cc(CC3CC3)c(N3CCC(N4CCN(C)CC4)CC3)cc2OC)nc1Nc1ccc2nccnc2c1NSC. The van der Waals surface area contributed by atoms with E-state index in [0.29, 0.717) is 17.8 Å². The Balaban J connectivity index is 1.14. The van der Waals surface area contributed by atoms with Gasteiger partial charge in [0.1, 0.15) is 17.1 Å². The molecule has 0 amide bonds. The highest BCUT2D eigenvalue weighted by molar-refractivity contribution is 7.99. The van der Waals surface area contributed by atoms with E-state index in [-0.39, 0.29) is 0 Å². The second-order valence-corrected chi connectivity index (χ2v) is 13.7. The van der Waals surface area contributed by atoms with E-state index < -0.39 is 0 Å². The van der Waals surface area contributed by atoms with Crippen molar-refractivity contribution in [2.45, 2.75) is 38.1 Å². The van der Waals surface area contributed by atoms with Crippen LogP contribution in [0.25, 0.3) is 17.1 Å². The number of ether oxygens (including phenoxy) is 1. The summed E-state index contributed by atoms with van der Waals surface area (Å²) in [6.45, 7) is 10.8. The van der Waals surface area contributed by atoms with Crippen molar-refractivity contribution >= 4 is 63.6 Å². The van der Waals surface area contributed by atoms with Crippen molar-refractivity contribution in [1.82, 2.24) is 29.7 Å². The predicted molar refractivity (Wildman–Crippen MR) is 199 cm³/mol. The number of rotatable bonds is 12. The molecule has 4 aromatic rings. The van der Waals surface area contributed by atoms with Crippen LogP contribution in [-0.2, 0) is 6.42 Å². The first-order valence-corrected chi connectivity index (χ1v) is 18.2. The van der Waals surface area contributed by atoms with Gasteiger partial charge < -0.3 is 29.9 Å². The summed E-state index contributed by atoms with van der Waals surface area (Å²) >= 11 is 1.50. The first kappa shape index (κ1) is 32.4. The third-order valence-electron chi connectivity index (χ3n) is 9.85. The van der Waals surface area contributed by atoms with Gasteiger partial charge >= 0.3 is 0 Å². The maximum atomic E-state index is 5.99. The van der Waals surface area contributed by atoms with Crippen LogP contribution in [0.3, 0.4) is 0 Å². The first-order chi connectivity index (χ1) is 23.5. The summed E-state index contributed by atoms with van der Waals surface area (Å²) in [5.41, 5.74) is 7.58. The Bertz CT molecular complexity index is 1750. The van der Waals surface area contributed by atoms with Gasteiger partial charge in [-0.15, -0.1) is 0 Å². The Hall–Kier alpha value is -4.13. The van der Waals surface area contributed by atoms with Crippen LogP contribution in [0.1, 0.15) is 36.8 Å². The van der Waals surface area contributed by atoms with E-state index in [1.54, 1.807) is 31.8 Å². The molecule has 1 aliphatic carbocycles. The van der Waals surface area contributed by atoms with Crippen molar-refractivity contribution in [2.24, 2.45) is 5.92 Å². The standard InChI is InChI=1S/C36H46N10OS/c1-5-25-23-39-36(42-35(25)40-29-9-8-28-33(34(29)43-48-4)38-13-12-37-28)41-30-21-26(20-24-6-7-24)31(22-32(30)47-3)46-14-10-27(11-15-46)45-18-16-44(2)17-19-45/h5,8-9,12-13,21-24,27,43H,1,6-7,10-11,14-20H2,2-4H3,(H2,39,40,41,42). The Labute approximate surface area is 287 Å². The van der Waals surface area contributed by atoms with Crippen LogP contribution in [0.15, 0.2) is 49.4 Å². The number of benzene rings is 2. The van der Waals surface area contributed by atoms with Crippen molar-refractivity contribution < 1.29 is 4.74 Å². The zero-order chi connectivity index (χ0) is 33.0. The Kier molecular flexibility index (Phi) is 9.83. The Morgan fingerprint density at radius 3 is 2.48 bits per heavy atom. The molecule has 12 heteroatoms. The molecular formula is C36H46N10OS. The van der Waals surface area contributed by atoms with Crippen molar-refractivity contribution in [1.29, 1.82) is 0 Å². The molecule has 48 heavy (non-hydrogen) atoms. The lowest BCUT2D eigenvalue weighted by molar-refractivity contribution is 0.0982. The largest absolute Gasteiger partial charge is 0.494 e. The molecule has 4 heterocycles. The fraction of sp³-hybridized carbons (Fsp3) is 0.444. The van der Waals surface area contributed by atoms with Crippen molar-refractivity contribution in [3.8, 4) is 5.75 Å². The van der Waals surface area contributed by atoms with E-state index in [9.17, 15) is 0 Å². The average molecular weight is 667 g/mol. The van der Waals surface area contributed by atoms with Gasteiger partial charge in [-0.3, -0.25) is 14.9 Å². The molecule has 7 rings (SSSR count). The van der Waals surface area contributed by atoms with Gasteiger partial charge in [0.2, 0.25) is 5.95 Å². The quantitative estimate of drug-likeness (QED) is 0.145. The number of anilines is 6.